The SMILES string of the molecule is Clc1ccc2c(Nc3ccccc3)c3c(nc2c1)CCCC3. The summed E-state index contributed by atoms with van der Waals surface area (Å²) in [6.07, 6.45) is 4.60. The maximum Gasteiger partial charge on any atom is 0.0741 e. The highest BCUT2D eigenvalue weighted by molar-refractivity contribution is 6.31. The third-order valence-electron chi connectivity index (χ3n) is 4.27. The molecule has 0 amide bonds. The van der Waals surface area contributed by atoms with Crippen molar-refractivity contribution in [3.05, 3.63) is 64.8 Å². The van der Waals surface area contributed by atoms with Crippen molar-refractivity contribution in [1.82, 2.24) is 4.98 Å². The highest BCUT2D eigenvalue weighted by Crippen LogP contribution is 2.35. The van der Waals surface area contributed by atoms with Gasteiger partial charge in [-0.05, 0) is 61.6 Å². The van der Waals surface area contributed by atoms with Gasteiger partial charge >= 0.3 is 0 Å². The van der Waals surface area contributed by atoms with Crippen molar-refractivity contribution in [2.45, 2.75) is 25.7 Å². The number of pyridine rings is 1. The van der Waals surface area contributed by atoms with Gasteiger partial charge in [0.15, 0.2) is 0 Å². The Morgan fingerprint density at radius 1 is 0.955 bits per heavy atom. The topological polar surface area (TPSA) is 24.9 Å². The van der Waals surface area contributed by atoms with E-state index in [-0.39, 0.29) is 0 Å². The second-order valence-corrected chi connectivity index (χ2v) is 6.21. The summed E-state index contributed by atoms with van der Waals surface area (Å²) in [5, 5.41) is 5.50. The molecule has 2 aromatic carbocycles. The molecule has 0 unspecified atom stereocenters. The molecule has 0 atom stereocenters. The zero-order valence-corrected chi connectivity index (χ0v) is 13.0. The standard InChI is InChI=1S/C19H17ClN2/c20-13-10-11-16-18(12-13)22-17-9-5-4-8-15(17)19(16)21-14-6-2-1-3-7-14/h1-3,6-7,10-12H,4-5,8-9H2,(H,21,22). The van der Waals surface area contributed by atoms with Gasteiger partial charge in [0.1, 0.15) is 0 Å². The fraction of sp³-hybridized carbons (Fsp3) is 0.211. The van der Waals surface area contributed by atoms with E-state index in [2.05, 4.69) is 35.6 Å². The molecule has 0 bridgehead atoms. The van der Waals surface area contributed by atoms with Crippen LogP contribution in [0.25, 0.3) is 10.9 Å². The lowest BCUT2D eigenvalue weighted by Gasteiger charge is -2.21. The molecule has 0 saturated carbocycles. The van der Waals surface area contributed by atoms with Crippen molar-refractivity contribution >= 4 is 33.9 Å². The molecule has 110 valence electrons. The van der Waals surface area contributed by atoms with Crippen molar-refractivity contribution < 1.29 is 0 Å². The molecule has 3 aromatic rings. The molecule has 1 aliphatic carbocycles. The number of aromatic nitrogens is 1. The van der Waals surface area contributed by atoms with Gasteiger partial charge in [-0.2, -0.15) is 0 Å². The predicted octanol–water partition coefficient (Wildman–Crippen LogP) is 5.51. The number of rotatable bonds is 2. The highest BCUT2D eigenvalue weighted by atomic mass is 35.5. The van der Waals surface area contributed by atoms with Crippen LogP contribution in [0.15, 0.2) is 48.5 Å². The molecule has 1 aromatic heterocycles. The average Bonchev–Trinajstić information content (AvgIpc) is 2.55. The van der Waals surface area contributed by atoms with Gasteiger partial charge in [-0.15, -0.1) is 0 Å². The van der Waals surface area contributed by atoms with E-state index in [9.17, 15) is 0 Å². The third-order valence-corrected chi connectivity index (χ3v) is 4.50. The monoisotopic (exact) mass is 308 g/mol. The Balaban J connectivity index is 1.93. The summed E-state index contributed by atoms with van der Waals surface area (Å²) < 4.78 is 0. The molecule has 3 heteroatoms. The minimum absolute atomic E-state index is 0.737. The smallest absolute Gasteiger partial charge is 0.0741 e. The number of benzene rings is 2. The van der Waals surface area contributed by atoms with Crippen LogP contribution < -0.4 is 5.32 Å². The number of halogens is 1. The van der Waals surface area contributed by atoms with Crippen LogP contribution in [0, 0.1) is 0 Å². The van der Waals surface area contributed by atoms with Gasteiger partial charge in [-0.3, -0.25) is 4.98 Å². The molecule has 4 rings (SSSR count). The molecular formula is C19H17ClN2. The minimum Gasteiger partial charge on any atom is -0.355 e. The summed E-state index contributed by atoms with van der Waals surface area (Å²) in [7, 11) is 0. The van der Waals surface area contributed by atoms with E-state index in [1.165, 1.54) is 29.8 Å². The number of nitrogens with one attached hydrogen (secondary N) is 1. The summed E-state index contributed by atoms with van der Waals surface area (Å²) in [5.74, 6) is 0. The molecule has 1 N–H and O–H groups in total. The van der Waals surface area contributed by atoms with Crippen molar-refractivity contribution in [1.29, 1.82) is 0 Å². The van der Waals surface area contributed by atoms with Gasteiger partial charge in [-0.1, -0.05) is 29.8 Å². The summed E-state index contributed by atoms with van der Waals surface area (Å²) in [4.78, 5) is 4.85. The van der Waals surface area contributed by atoms with Crippen LogP contribution in [0.4, 0.5) is 11.4 Å². The van der Waals surface area contributed by atoms with Crippen molar-refractivity contribution in [3.63, 3.8) is 0 Å². The van der Waals surface area contributed by atoms with Crippen LogP contribution >= 0.6 is 11.6 Å². The fourth-order valence-corrected chi connectivity index (χ4v) is 3.37. The van der Waals surface area contributed by atoms with Gasteiger partial charge in [0.25, 0.3) is 0 Å². The zero-order valence-electron chi connectivity index (χ0n) is 12.3. The lowest BCUT2D eigenvalue weighted by Crippen LogP contribution is -2.09. The Kier molecular flexibility index (Phi) is 3.47. The van der Waals surface area contributed by atoms with Crippen LogP contribution in [0.5, 0.6) is 0 Å². The average molecular weight is 309 g/mol. The summed E-state index contributed by atoms with van der Waals surface area (Å²) in [6, 6.07) is 16.3. The zero-order chi connectivity index (χ0) is 14.9. The molecule has 0 spiro atoms. The number of anilines is 2. The van der Waals surface area contributed by atoms with E-state index >= 15 is 0 Å². The van der Waals surface area contributed by atoms with Gasteiger partial charge in [0, 0.05) is 21.8 Å². The maximum absolute atomic E-state index is 6.15. The lowest BCUT2D eigenvalue weighted by molar-refractivity contribution is 0.672. The number of aryl methyl sites for hydroxylation is 1. The Labute approximate surface area is 135 Å². The Bertz CT molecular complexity index is 828. The largest absolute Gasteiger partial charge is 0.355 e. The number of hydrogen-bond donors (Lipinski definition) is 1. The van der Waals surface area contributed by atoms with E-state index in [0.29, 0.717) is 0 Å². The van der Waals surface area contributed by atoms with Crippen LogP contribution in [0.1, 0.15) is 24.1 Å². The molecule has 0 saturated heterocycles. The lowest BCUT2D eigenvalue weighted by atomic mass is 9.92. The van der Waals surface area contributed by atoms with Gasteiger partial charge in [-0.25, -0.2) is 0 Å². The van der Waals surface area contributed by atoms with E-state index in [4.69, 9.17) is 16.6 Å². The summed E-state index contributed by atoms with van der Waals surface area (Å²) in [6.45, 7) is 0. The molecule has 2 nitrogen and oxygen atoms in total. The van der Waals surface area contributed by atoms with Crippen molar-refractivity contribution in [3.8, 4) is 0 Å². The van der Waals surface area contributed by atoms with E-state index in [1.54, 1.807) is 0 Å². The van der Waals surface area contributed by atoms with Gasteiger partial charge < -0.3 is 5.32 Å². The molecule has 0 radical (unpaired) electrons. The maximum atomic E-state index is 6.15. The first-order valence-electron chi connectivity index (χ1n) is 7.74. The Hall–Kier alpha value is -2.06. The predicted molar refractivity (Wildman–Crippen MR) is 93.1 cm³/mol. The fourth-order valence-electron chi connectivity index (χ4n) is 3.21. The molecule has 0 fully saturated rings. The first-order valence-corrected chi connectivity index (χ1v) is 8.12. The molecular weight excluding hydrogens is 292 g/mol. The number of fused-ring (bicyclic) bond motifs is 2. The normalized spacial score (nSPS) is 13.9. The first-order chi connectivity index (χ1) is 10.8. The van der Waals surface area contributed by atoms with Gasteiger partial charge in [0.2, 0.25) is 0 Å². The summed E-state index contributed by atoms with van der Waals surface area (Å²) in [5.41, 5.74) is 5.87. The minimum atomic E-state index is 0.737. The van der Waals surface area contributed by atoms with E-state index in [0.717, 1.165) is 34.5 Å². The third kappa shape index (κ3) is 2.44. The van der Waals surface area contributed by atoms with Crippen LogP contribution in [-0.2, 0) is 12.8 Å². The van der Waals surface area contributed by atoms with Gasteiger partial charge in [0.05, 0.1) is 11.2 Å². The molecule has 1 aliphatic rings. The van der Waals surface area contributed by atoms with Crippen LogP contribution in [0.3, 0.4) is 0 Å². The number of hydrogen-bond acceptors (Lipinski definition) is 2. The van der Waals surface area contributed by atoms with Crippen LogP contribution in [0.2, 0.25) is 5.02 Å². The van der Waals surface area contributed by atoms with Crippen molar-refractivity contribution in [2.75, 3.05) is 5.32 Å². The quantitative estimate of drug-likeness (QED) is 0.675. The highest BCUT2D eigenvalue weighted by Gasteiger charge is 2.18. The molecule has 1 heterocycles. The van der Waals surface area contributed by atoms with E-state index < -0.39 is 0 Å². The number of nitrogens with zero attached hydrogens (tertiary/aromatic N) is 1. The second kappa shape index (κ2) is 5.62. The second-order valence-electron chi connectivity index (χ2n) is 5.77. The summed E-state index contributed by atoms with van der Waals surface area (Å²) >= 11 is 6.15. The Morgan fingerprint density at radius 2 is 1.77 bits per heavy atom. The number of para-hydroxylation sites is 1. The molecule has 0 aliphatic heterocycles. The van der Waals surface area contributed by atoms with Crippen LogP contribution in [-0.4, -0.2) is 4.98 Å². The first kappa shape index (κ1) is 13.6. The van der Waals surface area contributed by atoms with E-state index in [1.807, 2.05) is 18.2 Å². The Morgan fingerprint density at radius 3 is 2.64 bits per heavy atom. The van der Waals surface area contributed by atoms with Crippen molar-refractivity contribution in [2.24, 2.45) is 0 Å². The molecule has 22 heavy (non-hydrogen) atoms.